The number of hydrogen-bond donors (Lipinski definition) is 1. The van der Waals surface area contributed by atoms with Crippen molar-refractivity contribution >= 4 is 11.0 Å². The van der Waals surface area contributed by atoms with Gasteiger partial charge < -0.3 is 14.5 Å². The topological polar surface area (TPSA) is 34.4 Å². The fourth-order valence-electron chi connectivity index (χ4n) is 2.14. The van der Waals surface area contributed by atoms with Gasteiger partial charge in [-0.3, -0.25) is 0 Å². The van der Waals surface area contributed by atoms with Crippen molar-refractivity contribution in [2.24, 2.45) is 0 Å². The Kier molecular flexibility index (Phi) is 5.21. The van der Waals surface area contributed by atoms with Gasteiger partial charge in [0.05, 0.1) is 6.61 Å². The zero-order valence-corrected chi connectivity index (χ0v) is 13.2. The number of ether oxygens (including phenoxy) is 1. The molecule has 0 aliphatic heterocycles. The van der Waals surface area contributed by atoms with Gasteiger partial charge in [0.1, 0.15) is 18.0 Å². The van der Waals surface area contributed by atoms with E-state index < -0.39 is 0 Å². The molecule has 3 nitrogen and oxygen atoms in total. The Morgan fingerprint density at radius 3 is 2.76 bits per heavy atom. The van der Waals surface area contributed by atoms with Gasteiger partial charge in [0.2, 0.25) is 0 Å². The van der Waals surface area contributed by atoms with Crippen LogP contribution >= 0.6 is 0 Å². The van der Waals surface area contributed by atoms with E-state index in [1.807, 2.05) is 24.3 Å². The van der Waals surface area contributed by atoms with Crippen LogP contribution in [0.3, 0.4) is 0 Å². The summed E-state index contributed by atoms with van der Waals surface area (Å²) >= 11 is 0. The summed E-state index contributed by atoms with van der Waals surface area (Å²) in [5, 5.41) is 4.69. The minimum absolute atomic E-state index is 0.0688. The van der Waals surface area contributed by atoms with Crippen molar-refractivity contribution in [2.45, 2.75) is 45.9 Å². The van der Waals surface area contributed by atoms with Crippen LogP contribution in [0.5, 0.6) is 0 Å². The second-order valence-corrected chi connectivity index (χ2v) is 6.23. The summed E-state index contributed by atoms with van der Waals surface area (Å²) in [5.74, 6) is 0.914. The van der Waals surface area contributed by atoms with Gasteiger partial charge in [-0.1, -0.05) is 24.3 Å². The van der Waals surface area contributed by atoms with Crippen LogP contribution in [-0.2, 0) is 17.9 Å². The lowest BCUT2D eigenvalue weighted by Crippen LogP contribution is -2.35. The van der Waals surface area contributed by atoms with Crippen molar-refractivity contribution in [1.82, 2.24) is 5.32 Å². The molecule has 2 rings (SSSR count). The summed E-state index contributed by atoms with van der Waals surface area (Å²) in [4.78, 5) is 0. The van der Waals surface area contributed by atoms with Crippen LogP contribution in [-0.4, -0.2) is 12.1 Å². The van der Waals surface area contributed by atoms with Crippen molar-refractivity contribution in [2.75, 3.05) is 6.61 Å². The number of benzene rings is 1. The predicted octanol–water partition coefficient (Wildman–Crippen LogP) is 4.41. The molecule has 1 heterocycles. The largest absolute Gasteiger partial charge is 0.458 e. The molecule has 3 heteroatoms. The second kappa shape index (κ2) is 6.92. The quantitative estimate of drug-likeness (QED) is 0.605. The highest BCUT2D eigenvalue weighted by molar-refractivity contribution is 5.82. The number of furan rings is 1. The number of fused-ring (bicyclic) bond motifs is 1. The first kappa shape index (κ1) is 15.8. The van der Waals surface area contributed by atoms with E-state index in [1.54, 1.807) is 0 Å². The lowest BCUT2D eigenvalue weighted by Gasteiger charge is -2.20. The molecular weight excluding hydrogens is 262 g/mol. The smallest absolute Gasteiger partial charge is 0.135 e. The number of para-hydroxylation sites is 1. The normalized spacial score (nSPS) is 12.0. The number of rotatable bonds is 7. The van der Waals surface area contributed by atoms with Gasteiger partial charge in [0, 0.05) is 23.0 Å². The van der Waals surface area contributed by atoms with Gasteiger partial charge in [-0.15, -0.1) is 6.58 Å². The van der Waals surface area contributed by atoms with Gasteiger partial charge in [-0.05, 0) is 33.3 Å². The summed E-state index contributed by atoms with van der Waals surface area (Å²) in [6, 6.07) is 8.14. The average molecular weight is 287 g/mol. The maximum absolute atomic E-state index is 5.95. The first-order valence-corrected chi connectivity index (χ1v) is 7.44. The molecule has 0 spiro atoms. The van der Waals surface area contributed by atoms with E-state index in [2.05, 4.69) is 38.7 Å². The fourth-order valence-corrected chi connectivity index (χ4v) is 2.14. The molecule has 0 amide bonds. The monoisotopic (exact) mass is 287 g/mol. The summed E-state index contributed by atoms with van der Waals surface area (Å²) in [5.41, 5.74) is 2.18. The molecule has 1 aromatic heterocycles. The predicted molar refractivity (Wildman–Crippen MR) is 87.3 cm³/mol. The first-order chi connectivity index (χ1) is 10.0. The van der Waals surface area contributed by atoms with Crippen LogP contribution in [0.25, 0.3) is 11.0 Å². The van der Waals surface area contributed by atoms with E-state index >= 15 is 0 Å². The molecule has 0 saturated carbocycles. The van der Waals surface area contributed by atoms with E-state index in [0.29, 0.717) is 13.2 Å². The molecule has 0 aliphatic carbocycles. The molecular formula is C18H25NO2. The molecule has 0 fully saturated rings. The average Bonchev–Trinajstić information content (AvgIpc) is 2.78. The van der Waals surface area contributed by atoms with Crippen molar-refractivity contribution in [3.05, 3.63) is 48.2 Å². The molecule has 0 unspecified atom stereocenters. The van der Waals surface area contributed by atoms with Crippen molar-refractivity contribution in [3.63, 3.8) is 0 Å². The number of nitrogens with one attached hydrogen (secondary N) is 1. The lowest BCUT2D eigenvalue weighted by molar-refractivity contribution is 0.110. The van der Waals surface area contributed by atoms with E-state index in [9.17, 15) is 0 Å². The third-order valence-electron chi connectivity index (χ3n) is 3.28. The van der Waals surface area contributed by atoms with Crippen LogP contribution in [0.15, 0.2) is 41.3 Å². The van der Waals surface area contributed by atoms with E-state index in [4.69, 9.17) is 9.15 Å². The molecule has 0 bridgehead atoms. The Labute approximate surface area is 127 Å². The van der Waals surface area contributed by atoms with Crippen LogP contribution < -0.4 is 5.32 Å². The standard InChI is InChI=1S/C18H25NO2/c1-5-6-11-20-13-17-15(12-19-18(2,3)4)14-9-7-8-10-16(14)21-17/h5,7-10,19H,1,6,11-13H2,2-4H3. The second-order valence-electron chi connectivity index (χ2n) is 6.23. The Bertz CT molecular complexity index is 593. The zero-order chi connectivity index (χ0) is 15.3. The van der Waals surface area contributed by atoms with Gasteiger partial charge in [0.15, 0.2) is 0 Å². The zero-order valence-electron chi connectivity index (χ0n) is 13.2. The van der Waals surface area contributed by atoms with Gasteiger partial charge in [0.25, 0.3) is 0 Å². The highest BCUT2D eigenvalue weighted by Crippen LogP contribution is 2.27. The maximum Gasteiger partial charge on any atom is 0.135 e. The van der Waals surface area contributed by atoms with Gasteiger partial charge in [-0.2, -0.15) is 0 Å². The van der Waals surface area contributed by atoms with Crippen molar-refractivity contribution in [1.29, 1.82) is 0 Å². The van der Waals surface area contributed by atoms with E-state index in [0.717, 1.165) is 29.7 Å². The minimum atomic E-state index is 0.0688. The summed E-state index contributed by atoms with van der Waals surface area (Å²) in [6.45, 7) is 12.1. The summed E-state index contributed by atoms with van der Waals surface area (Å²) in [6.07, 6.45) is 2.72. The Morgan fingerprint density at radius 2 is 2.05 bits per heavy atom. The SMILES string of the molecule is C=CCCOCc1oc2ccccc2c1CNC(C)(C)C. The molecule has 1 aromatic carbocycles. The van der Waals surface area contributed by atoms with Gasteiger partial charge in [-0.25, -0.2) is 0 Å². The Hall–Kier alpha value is -1.58. The van der Waals surface area contributed by atoms with Crippen LogP contribution in [0.2, 0.25) is 0 Å². The molecule has 0 radical (unpaired) electrons. The third-order valence-corrected chi connectivity index (χ3v) is 3.28. The van der Waals surface area contributed by atoms with Crippen molar-refractivity contribution < 1.29 is 9.15 Å². The summed E-state index contributed by atoms with van der Waals surface area (Å²) < 4.78 is 11.6. The Morgan fingerprint density at radius 1 is 1.29 bits per heavy atom. The number of hydrogen-bond acceptors (Lipinski definition) is 3. The molecule has 21 heavy (non-hydrogen) atoms. The van der Waals surface area contributed by atoms with E-state index in [-0.39, 0.29) is 5.54 Å². The Balaban J connectivity index is 2.19. The molecule has 114 valence electrons. The molecule has 1 N–H and O–H groups in total. The maximum atomic E-state index is 5.95. The van der Waals surface area contributed by atoms with Crippen LogP contribution in [0.1, 0.15) is 38.5 Å². The highest BCUT2D eigenvalue weighted by Gasteiger charge is 2.16. The molecule has 0 saturated heterocycles. The van der Waals surface area contributed by atoms with Crippen molar-refractivity contribution in [3.8, 4) is 0 Å². The lowest BCUT2D eigenvalue weighted by atomic mass is 10.1. The van der Waals surface area contributed by atoms with Crippen LogP contribution in [0.4, 0.5) is 0 Å². The fraction of sp³-hybridized carbons (Fsp3) is 0.444. The first-order valence-electron chi connectivity index (χ1n) is 7.44. The minimum Gasteiger partial charge on any atom is -0.458 e. The molecule has 0 atom stereocenters. The van der Waals surface area contributed by atoms with E-state index in [1.165, 1.54) is 5.56 Å². The van der Waals surface area contributed by atoms with Crippen LogP contribution in [0, 0.1) is 0 Å². The summed E-state index contributed by atoms with van der Waals surface area (Å²) in [7, 11) is 0. The highest BCUT2D eigenvalue weighted by atomic mass is 16.5. The third kappa shape index (κ3) is 4.45. The van der Waals surface area contributed by atoms with Gasteiger partial charge >= 0.3 is 0 Å². The molecule has 0 aliphatic rings. The molecule has 2 aromatic rings.